The normalized spacial score (nSPS) is 17.5. The topological polar surface area (TPSA) is 47.6 Å². The number of hydrogen-bond donors (Lipinski definition) is 1. The van der Waals surface area contributed by atoms with E-state index in [2.05, 4.69) is 10.1 Å². The van der Waals surface area contributed by atoms with E-state index in [0.29, 0.717) is 6.61 Å². The Labute approximate surface area is 104 Å². The van der Waals surface area contributed by atoms with E-state index in [0.717, 1.165) is 25.7 Å². The Morgan fingerprint density at radius 1 is 1.22 bits per heavy atom. The molecule has 1 fully saturated rings. The van der Waals surface area contributed by atoms with Crippen LogP contribution in [0.15, 0.2) is 0 Å². The maximum Gasteiger partial charge on any atom is 0.422 e. The van der Waals surface area contributed by atoms with Gasteiger partial charge in [0, 0.05) is 6.54 Å². The van der Waals surface area contributed by atoms with E-state index >= 15 is 0 Å². The SMILES string of the molecule is O=C(NCCOC1CCCCC1)OCC(F)(F)F. The summed E-state index contributed by atoms with van der Waals surface area (Å²) in [4.78, 5) is 10.9. The van der Waals surface area contributed by atoms with E-state index in [1.54, 1.807) is 0 Å². The number of halogens is 3. The molecular formula is C11H18F3NO3. The van der Waals surface area contributed by atoms with Gasteiger partial charge in [-0.25, -0.2) is 4.79 Å². The molecule has 0 radical (unpaired) electrons. The number of hydrogen-bond acceptors (Lipinski definition) is 3. The number of alkyl halides is 3. The molecule has 1 aliphatic carbocycles. The van der Waals surface area contributed by atoms with E-state index in [1.165, 1.54) is 6.42 Å². The van der Waals surface area contributed by atoms with Crippen molar-refractivity contribution in [3.63, 3.8) is 0 Å². The van der Waals surface area contributed by atoms with Gasteiger partial charge in [0.1, 0.15) is 0 Å². The van der Waals surface area contributed by atoms with Crippen LogP contribution in [0.4, 0.5) is 18.0 Å². The highest BCUT2D eigenvalue weighted by molar-refractivity contribution is 5.67. The molecule has 0 aromatic rings. The Morgan fingerprint density at radius 3 is 2.50 bits per heavy atom. The van der Waals surface area contributed by atoms with Gasteiger partial charge >= 0.3 is 12.3 Å². The molecule has 0 spiro atoms. The van der Waals surface area contributed by atoms with Crippen LogP contribution in [0.25, 0.3) is 0 Å². The van der Waals surface area contributed by atoms with Gasteiger partial charge in [0.15, 0.2) is 6.61 Å². The summed E-state index contributed by atoms with van der Waals surface area (Å²) in [6.07, 6.45) is 0.193. The molecule has 0 bridgehead atoms. The monoisotopic (exact) mass is 269 g/mol. The van der Waals surface area contributed by atoms with Crippen LogP contribution in [0.2, 0.25) is 0 Å². The van der Waals surface area contributed by atoms with E-state index in [1.807, 2.05) is 0 Å². The van der Waals surface area contributed by atoms with Crippen LogP contribution < -0.4 is 5.32 Å². The molecule has 0 aromatic carbocycles. The molecule has 0 unspecified atom stereocenters. The van der Waals surface area contributed by atoms with Crippen LogP contribution in [0.5, 0.6) is 0 Å². The number of carbonyl (C=O) groups is 1. The van der Waals surface area contributed by atoms with Crippen molar-refractivity contribution in [2.45, 2.75) is 44.4 Å². The van der Waals surface area contributed by atoms with Gasteiger partial charge in [-0.1, -0.05) is 19.3 Å². The lowest BCUT2D eigenvalue weighted by Gasteiger charge is -2.21. The average molecular weight is 269 g/mol. The van der Waals surface area contributed by atoms with E-state index < -0.39 is 18.9 Å². The highest BCUT2D eigenvalue weighted by atomic mass is 19.4. The van der Waals surface area contributed by atoms with Gasteiger partial charge in [-0.2, -0.15) is 13.2 Å². The molecule has 1 amide bonds. The largest absolute Gasteiger partial charge is 0.440 e. The molecule has 0 heterocycles. The quantitative estimate of drug-likeness (QED) is 0.780. The predicted octanol–water partition coefficient (Wildman–Crippen LogP) is 2.62. The lowest BCUT2D eigenvalue weighted by molar-refractivity contribution is -0.160. The van der Waals surface area contributed by atoms with Crippen molar-refractivity contribution in [3.05, 3.63) is 0 Å². The minimum absolute atomic E-state index is 0.160. The number of nitrogens with one attached hydrogen (secondary N) is 1. The molecule has 1 rings (SSSR count). The third-order valence-corrected chi connectivity index (χ3v) is 2.64. The number of ether oxygens (including phenoxy) is 2. The molecule has 7 heteroatoms. The summed E-state index contributed by atoms with van der Waals surface area (Å²) in [5.41, 5.74) is 0. The first-order valence-electron chi connectivity index (χ1n) is 6.06. The van der Waals surface area contributed by atoms with Crippen molar-refractivity contribution in [1.29, 1.82) is 0 Å². The Balaban J connectivity index is 1.98. The number of amides is 1. The van der Waals surface area contributed by atoms with E-state index in [-0.39, 0.29) is 12.6 Å². The van der Waals surface area contributed by atoms with Gasteiger partial charge in [-0.15, -0.1) is 0 Å². The molecule has 0 saturated heterocycles. The van der Waals surface area contributed by atoms with Gasteiger partial charge < -0.3 is 14.8 Å². The standard InChI is InChI=1S/C11H18F3NO3/c12-11(13,14)8-18-10(16)15-6-7-17-9-4-2-1-3-5-9/h9H,1-8H2,(H,15,16). The Morgan fingerprint density at radius 2 is 1.89 bits per heavy atom. The van der Waals surface area contributed by atoms with Gasteiger partial charge in [-0.05, 0) is 12.8 Å². The third-order valence-electron chi connectivity index (χ3n) is 2.64. The van der Waals surface area contributed by atoms with Crippen molar-refractivity contribution >= 4 is 6.09 Å². The zero-order valence-electron chi connectivity index (χ0n) is 10.1. The number of rotatable bonds is 5. The second-order valence-electron chi connectivity index (χ2n) is 4.25. The molecule has 106 valence electrons. The van der Waals surface area contributed by atoms with Gasteiger partial charge in [0.2, 0.25) is 0 Å². The van der Waals surface area contributed by atoms with Gasteiger partial charge in [0.05, 0.1) is 12.7 Å². The first-order valence-corrected chi connectivity index (χ1v) is 6.06. The fourth-order valence-corrected chi connectivity index (χ4v) is 1.81. The summed E-state index contributed by atoms with van der Waals surface area (Å²) < 4.78 is 44.6. The Kier molecular flexibility index (Phi) is 6.24. The predicted molar refractivity (Wildman–Crippen MR) is 58.2 cm³/mol. The third kappa shape index (κ3) is 7.37. The molecular weight excluding hydrogens is 251 g/mol. The van der Waals surface area contributed by atoms with Crippen LogP contribution in [-0.4, -0.2) is 38.1 Å². The fraction of sp³-hybridized carbons (Fsp3) is 0.909. The molecule has 1 saturated carbocycles. The Bertz CT molecular complexity index is 252. The fourth-order valence-electron chi connectivity index (χ4n) is 1.81. The summed E-state index contributed by atoms with van der Waals surface area (Å²) >= 11 is 0. The van der Waals surface area contributed by atoms with Crippen molar-refractivity contribution < 1.29 is 27.4 Å². The lowest BCUT2D eigenvalue weighted by atomic mass is 9.98. The average Bonchev–Trinajstić information content (AvgIpc) is 2.33. The summed E-state index contributed by atoms with van der Waals surface area (Å²) in [5, 5.41) is 2.21. The maximum atomic E-state index is 11.7. The van der Waals surface area contributed by atoms with Crippen molar-refractivity contribution in [3.8, 4) is 0 Å². The summed E-state index contributed by atoms with van der Waals surface area (Å²) in [7, 11) is 0. The van der Waals surface area contributed by atoms with Crippen LogP contribution in [0.3, 0.4) is 0 Å². The molecule has 4 nitrogen and oxygen atoms in total. The number of carbonyl (C=O) groups excluding carboxylic acids is 1. The van der Waals surface area contributed by atoms with Crippen LogP contribution in [0, 0.1) is 0 Å². The van der Waals surface area contributed by atoms with E-state index in [4.69, 9.17) is 4.74 Å². The minimum atomic E-state index is -4.49. The van der Waals surface area contributed by atoms with Crippen molar-refractivity contribution in [2.75, 3.05) is 19.8 Å². The Hall–Kier alpha value is -0.980. The zero-order chi connectivity index (χ0) is 13.4. The highest BCUT2D eigenvalue weighted by Crippen LogP contribution is 2.19. The molecule has 0 aromatic heterocycles. The van der Waals surface area contributed by atoms with Crippen LogP contribution >= 0.6 is 0 Å². The molecule has 18 heavy (non-hydrogen) atoms. The summed E-state index contributed by atoms with van der Waals surface area (Å²) in [6, 6.07) is 0. The number of alkyl carbamates (subject to hydrolysis) is 1. The maximum absolute atomic E-state index is 11.7. The first kappa shape index (κ1) is 15.1. The summed E-state index contributed by atoms with van der Waals surface area (Å²) in [6.45, 7) is -1.11. The summed E-state index contributed by atoms with van der Waals surface area (Å²) in [5.74, 6) is 0. The van der Waals surface area contributed by atoms with Crippen molar-refractivity contribution in [1.82, 2.24) is 5.32 Å². The molecule has 0 aliphatic heterocycles. The second kappa shape index (κ2) is 7.45. The zero-order valence-corrected chi connectivity index (χ0v) is 10.1. The molecule has 1 N–H and O–H groups in total. The minimum Gasteiger partial charge on any atom is -0.440 e. The van der Waals surface area contributed by atoms with Crippen molar-refractivity contribution in [2.24, 2.45) is 0 Å². The van der Waals surface area contributed by atoms with Gasteiger partial charge in [0.25, 0.3) is 0 Å². The van der Waals surface area contributed by atoms with Crippen LogP contribution in [0.1, 0.15) is 32.1 Å². The lowest BCUT2D eigenvalue weighted by Crippen LogP contribution is -2.32. The van der Waals surface area contributed by atoms with E-state index in [9.17, 15) is 18.0 Å². The first-order chi connectivity index (χ1) is 8.47. The second-order valence-corrected chi connectivity index (χ2v) is 4.25. The molecule has 0 atom stereocenters. The molecule has 1 aliphatic rings. The highest BCUT2D eigenvalue weighted by Gasteiger charge is 2.29. The smallest absolute Gasteiger partial charge is 0.422 e. The van der Waals surface area contributed by atoms with Crippen LogP contribution in [-0.2, 0) is 9.47 Å². The van der Waals surface area contributed by atoms with Gasteiger partial charge in [-0.3, -0.25) is 0 Å².